The van der Waals surface area contributed by atoms with Gasteiger partial charge in [-0.05, 0) is 32.6 Å². The largest absolute Gasteiger partial charge is 0.393 e. The Labute approximate surface area is 90.3 Å². The van der Waals surface area contributed by atoms with Gasteiger partial charge in [0, 0.05) is 12.5 Å². The zero-order valence-corrected chi connectivity index (χ0v) is 9.43. The molecule has 0 aromatic carbocycles. The highest BCUT2D eigenvalue weighted by Gasteiger charge is 2.27. The molecule has 1 aliphatic rings. The summed E-state index contributed by atoms with van der Waals surface area (Å²) in [6, 6.07) is 0.348. The fourth-order valence-corrected chi connectivity index (χ4v) is 2.34. The summed E-state index contributed by atoms with van der Waals surface area (Å²) in [6.45, 7) is 4.20. The average Bonchev–Trinajstić information content (AvgIpc) is 2.77. The molecule has 0 bridgehead atoms. The third kappa shape index (κ3) is 2.20. The van der Waals surface area contributed by atoms with E-state index in [1.54, 1.807) is 6.33 Å². The smallest absolute Gasteiger partial charge is 0.138 e. The van der Waals surface area contributed by atoms with Gasteiger partial charge in [-0.1, -0.05) is 6.42 Å². The molecule has 1 aromatic rings. The molecule has 1 aromatic heterocycles. The van der Waals surface area contributed by atoms with Crippen LogP contribution in [0.4, 0.5) is 0 Å². The predicted molar refractivity (Wildman–Crippen MR) is 57.5 cm³/mol. The van der Waals surface area contributed by atoms with Gasteiger partial charge in [0.1, 0.15) is 12.2 Å². The number of nitrogens with zero attached hydrogens (tertiary/aromatic N) is 3. The van der Waals surface area contributed by atoms with Crippen molar-refractivity contribution in [2.24, 2.45) is 5.92 Å². The minimum atomic E-state index is -0.137. The summed E-state index contributed by atoms with van der Waals surface area (Å²) in [5, 5.41) is 14.0. The van der Waals surface area contributed by atoms with Crippen LogP contribution < -0.4 is 0 Å². The summed E-state index contributed by atoms with van der Waals surface area (Å²) >= 11 is 0. The van der Waals surface area contributed by atoms with Crippen LogP contribution in [0.2, 0.25) is 0 Å². The quantitative estimate of drug-likeness (QED) is 0.822. The summed E-state index contributed by atoms with van der Waals surface area (Å²) in [4.78, 5) is 4.28. The van der Waals surface area contributed by atoms with E-state index < -0.39 is 0 Å². The third-order valence-electron chi connectivity index (χ3n) is 3.20. The van der Waals surface area contributed by atoms with Crippen molar-refractivity contribution in [1.29, 1.82) is 0 Å². The van der Waals surface area contributed by atoms with Gasteiger partial charge in [0.25, 0.3) is 0 Å². The number of hydrogen-bond donors (Lipinski definition) is 1. The van der Waals surface area contributed by atoms with Gasteiger partial charge in [0.2, 0.25) is 0 Å². The number of aliphatic hydroxyl groups excluding tert-OH is 1. The van der Waals surface area contributed by atoms with Crippen molar-refractivity contribution in [3.8, 4) is 0 Å². The van der Waals surface area contributed by atoms with E-state index in [1.165, 1.54) is 0 Å². The molecule has 1 fully saturated rings. The molecular formula is C11H19N3O. The van der Waals surface area contributed by atoms with Crippen molar-refractivity contribution >= 4 is 0 Å². The second kappa shape index (κ2) is 4.31. The van der Waals surface area contributed by atoms with Crippen LogP contribution in [0.1, 0.15) is 45.0 Å². The van der Waals surface area contributed by atoms with E-state index in [2.05, 4.69) is 23.9 Å². The molecule has 1 saturated carbocycles. The molecular weight excluding hydrogens is 190 g/mol. The van der Waals surface area contributed by atoms with E-state index in [0.29, 0.717) is 12.0 Å². The number of aromatic nitrogens is 3. The van der Waals surface area contributed by atoms with E-state index in [4.69, 9.17) is 0 Å². The van der Waals surface area contributed by atoms with Gasteiger partial charge >= 0.3 is 0 Å². The lowest BCUT2D eigenvalue weighted by molar-refractivity contribution is 0.130. The first-order valence-electron chi connectivity index (χ1n) is 5.75. The van der Waals surface area contributed by atoms with Crippen LogP contribution in [-0.2, 0) is 6.42 Å². The van der Waals surface area contributed by atoms with Gasteiger partial charge < -0.3 is 5.11 Å². The van der Waals surface area contributed by atoms with Crippen molar-refractivity contribution in [3.63, 3.8) is 0 Å². The second-order valence-corrected chi connectivity index (χ2v) is 4.68. The molecule has 1 heterocycles. The van der Waals surface area contributed by atoms with Crippen LogP contribution >= 0.6 is 0 Å². The van der Waals surface area contributed by atoms with Gasteiger partial charge in [-0.15, -0.1) is 0 Å². The average molecular weight is 209 g/mol. The molecule has 15 heavy (non-hydrogen) atoms. The van der Waals surface area contributed by atoms with E-state index >= 15 is 0 Å². The van der Waals surface area contributed by atoms with E-state index in [1.807, 2.05) is 4.68 Å². The maximum atomic E-state index is 9.76. The highest BCUT2D eigenvalue weighted by atomic mass is 16.3. The van der Waals surface area contributed by atoms with Crippen molar-refractivity contribution in [1.82, 2.24) is 14.8 Å². The third-order valence-corrected chi connectivity index (χ3v) is 3.20. The van der Waals surface area contributed by atoms with Crippen molar-refractivity contribution < 1.29 is 5.11 Å². The van der Waals surface area contributed by atoms with Gasteiger partial charge in [-0.2, -0.15) is 5.10 Å². The highest BCUT2D eigenvalue weighted by molar-refractivity contribution is 4.92. The SMILES string of the molecule is CC(C)n1ncnc1CC1CCCC1O. The Balaban J connectivity index is 2.06. The normalized spacial score (nSPS) is 26.4. The number of rotatable bonds is 3. The lowest BCUT2D eigenvalue weighted by Crippen LogP contribution is -2.19. The van der Waals surface area contributed by atoms with Crippen LogP contribution in [0.25, 0.3) is 0 Å². The van der Waals surface area contributed by atoms with E-state index in [-0.39, 0.29) is 6.10 Å². The summed E-state index contributed by atoms with van der Waals surface area (Å²) in [6.07, 6.45) is 5.53. The second-order valence-electron chi connectivity index (χ2n) is 4.68. The molecule has 1 aliphatic carbocycles. The van der Waals surface area contributed by atoms with Crippen LogP contribution in [0, 0.1) is 5.92 Å². The maximum Gasteiger partial charge on any atom is 0.138 e. The Hall–Kier alpha value is -0.900. The predicted octanol–water partition coefficient (Wildman–Crippen LogP) is 1.56. The van der Waals surface area contributed by atoms with Crippen molar-refractivity contribution in [2.45, 2.75) is 51.7 Å². The van der Waals surface area contributed by atoms with Crippen molar-refractivity contribution in [3.05, 3.63) is 12.2 Å². The highest BCUT2D eigenvalue weighted by Crippen LogP contribution is 2.28. The van der Waals surface area contributed by atoms with Crippen LogP contribution in [0.3, 0.4) is 0 Å². The Morgan fingerprint density at radius 3 is 2.93 bits per heavy atom. The van der Waals surface area contributed by atoms with E-state index in [9.17, 15) is 5.11 Å². The molecule has 4 nitrogen and oxygen atoms in total. The Bertz CT molecular complexity index is 321. The monoisotopic (exact) mass is 209 g/mol. The van der Waals surface area contributed by atoms with Gasteiger partial charge in [0.05, 0.1) is 6.10 Å². The lowest BCUT2D eigenvalue weighted by Gasteiger charge is -2.15. The zero-order chi connectivity index (χ0) is 10.8. The Morgan fingerprint density at radius 1 is 1.53 bits per heavy atom. The van der Waals surface area contributed by atoms with Crippen LogP contribution in [0.5, 0.6) is 0 Å². The van der Waals surface area contributed by atoms with Crippen LogP contribution in [0.15, 0.2) is 6.33 Å². The number of hydrogen-bond acceptors (Lipinski definition) is 3. The topological polar surface area (TPSA) is 50.9 Å². The summed E-state index contributed by atoms with van der Waals surface area (Å²) in [7, 11) is 0. The molecule has 0 radical (unpaired) electrons. The van der Waals surface area contributed by atoms with Crippen LogP contribution in [-0.4, -0.2) is 26.0 Å². The fourth-order valence-electron chi connectivity index (χ4n) is 2.34. The molecule has 4 heteroatoms. The first kappa shape index (κ1) is 10.6. The zero-order valence-electron chi connectivity index (χ0n) is 9.43. The number of aliphatic hydroxyl groups is 1. The fraction of sp³-hybridized carbons (Fsp3) is 0.818. The maximum absolute atomic E-state index is 9.76. The Kier molecular flexibility index (Phi) is 3.05. The summed E-state index contributed by atoms with van der Waals surface area (Å²) in [5.74, 6) is 1.39. The molecule has 0 saturated heterocycles. The molecule has 84 valence electrons. The molecule has 0 aliphatic heterocycles. The summed E-state index contributed by atoms with van der Waals surface area (Å²) in [5.41, 5.74) is 0. The van der Waals surface area contributed by atoms with Gasteiger partial charge in [-0.3, -0.25) is 0 Å². The Morgan fingerprint density at radius 2 is 2.33 bits per heavy atom. The van der Waals surface area contributed by atoms with E-state index in [0.717, 1.165) is 31.5 Å². The van der Waals surface area contributed by atoms with Gasteiger partial charge in [-0.25, -0.2) is 9.67 Å². The molecule has 0 spiro atoms. The first-order valence-corrected chi connectivity index (χ1v) is 5.75. The molecule has 0 amide bonds. The molecule has 2 unspecified atom stereocenters. The van der Waals surface area contributed by atoms with Crippen molar-refractivity contribution in [2.75, 3.05) is 0 Å². The molecule has 1 N–H and O–H groups in total. The molecule has 2 rings (SSSR count). The minimum Gasteiger partial charge on any atom is -0.393 e. The lowest BCUT2D eigenvalue weighted by atomic mass is 10.0. The minimum absolute atomic E-state index is 0.137. The first-order chi connectivity index (χ1) is 7.18. The molecule has 2 atom stereocenters. The standard InChI is InChI=1S/C11H19N3O/c1-8(2)14-11(12-7-13-14)6-9-4-3-5-10(9)15/h7-10,15H,3-6H2,1-2H3. The van der Waals surface area contributed by atoms with Gasteiger partial charge in [0.15, 0.2) is 0 Å². The summed E-state index contributed by atoms with van der Waals surface area (Å²) < 4.78 is 1.95.